The van der Waals surface area contributed by atoms with Crippen molar-refractivity contribution in [2.45, 2.75) is 25.6 Å². The molecule has 24 heavy (non-hydrogen) atoms. The van der Waals surface area contributed by atoms with E-state index >= 15 is 0 Å². The highest BCUT2D eigenvalue weighted by Gasteiger charge is 2.44. The summed E-state index contributed by atoms with van der Waals surface area (Å²) in [6, 6.07) is 14.6. The molecule has 0 spiro atoms. The molecule has 0 bridgehead atoms. The Balaban J connectivity index is 1.68. The van der Waals surface area contributed by atoms with Gasteiger partial charge in [-0.25, -0.2) is 0 Å². The second-order valence-electron chi connectivity index (χ2n) is 6.50. The van der Waals surface area contributed by atoms with E-state index in [0.717, 1.165) is 5.56 Å². The molecular formula is C20H18O4. The predicted octanol–water partition coefficient (Wildman–Crippen LogP) is 3.44. The summed E-state index contributed by atoms with van der Waals surface area (Å²) in [7, 11) is 0. The van der Waals surface area contributed by atoms with Crippen LogP contribution in [-0.2, 0) is 11.2 Å². The van der Waals surface area contributed by atoms with Crippen molar-refractivity contribution in [2.75, 3.05) is 6.61 Å². The SMILES string of the molecule is CC1(Oc2cccc3c2C(=O)C(C(=O)c2ccccc2)CC3)CO1. The van der Waals surface area contributed by atoms with Crippen LogP contribution in [0, 0.1) is 5.92 Å². The van der Waals surface area contributed by atoms with E-state index in [9.17, 15) is 9.59 Å². The van der Waals surface area contributed by atoms with Gasteiger partial charge in [-0.1, -0.05) is 42.5 Å². The van der Waals surface area contributed by atoms with Gasteiger partial charge in [-0.15, -0.1) is 0 Å². The zero-order chi connectivity index (χ0) is 16.7. The molecule has 0 aromatic heterocycles. The number of epoxide rings is 1. The van der Waals surface area contributed by atoms with Crippen molar-refractivity contribution >= 4 is 11.6 Å². The smallest absolute Gasteiger partial charge is 0.231 e. The zero-order valence-electron chi connectivity index (χ0n) is 13.5. The van der Waals surface area contributed by atoms with Crippen LogP contribution >= 0.6 is 0 Å². The number of carbonyl (C=O) groups excluding carboxylic acids is 2. The number of ketones is 2. The van der Waals surface area contributed by atoms with Gasteiger partial charge in [0.1, 0.15) is 12.4 Å². The predicted molar refractivity (Wildman–Crippen MR) is 88.3 cm³/mol. The maximum Gasteiger partial charge on any atom is 0.231 e. The van der Waals surface area contributed by atoms with Gasteiger partial charge in [0, 0.05) is 12.5 Å². The van der Waals surface area contributed by atoms with E-state index in [2.05, 4.69) is 0 Å². The number of fused-ring (bicyclic) bond motifs is 1. The Morgan fingerprint density at radius 3 is 2.62 bits per heavy atom. The van der Waals surface area contributed by atoms with Crippen LogP contribution in [0.25, 0.3) is 0 Å². The number of benzene rings is 2. The van der Waals surface area contributed by atoms with Gasteiger partial charge in [-0.2, -0.15) is 0 Å². The van der Waals surface area contributed by atoms with E-state index in [4.69, 9.17) is 9.47 Å². The number of carbonyl (C=O) groups is 2. The maximum atomic E-state index is 13.0. The maximum absolute atomic E-state index is 13.0. The Hall–Kier alpha value is -2.46. The minimum absolute atomic E-state index is 0.116. The standard InChI is InChI=1S/C20H18O4/c1-20(12-23-20)24-16-9-5-8-13-10-11-15(19(22)17(13)16)18(21)14-6-3-2-4-7-14/h2-9,15H,10-12H2,1H3. The minimum atomic E-state index is -0.647. The molecule has 0 amide bonds. The summed E-state index contributed by atoms with van der Waals surface area (Å²) < 4.78 is 11.1. The third kappa shape index (κ3) is 2.63. The molecule has 1 fully saturated rings. The number of rotatable bonds is 4. The highest BCUT2D eigenvalue weighted by molar-refractivity contribution is 6.18. The first-order valence-electron chi connectivity index (χ1n) is 8.16. The van der Waals surface area contributed by atoms with Gasteiger partial charge >= 0.3 is 0 Å². The molecule has 0 radical (unpaired) electrons. The quantitative estimate of drug-likeness (QED) is 0.491. The lowest BCUT2D eigenvalue weighted by atomic mass is 9.78. The van der Waals surface area contributed by atoms with E-state index in [1.54, 1.807) is 18.2 Å². The third-order valence-corrected chi connectivity index (χ3v) is 4.63. The lowest BCUT2D eigenvalue weighted by Crippen LogP contribution is -2.31. The second-order valence-corrected chi connectivity index (χ2v) is 6.50. The molecule has 2 aromatic carbocycles. The Labute approximate surface area is 140 Å². The Morgan fingerprint density at radius 2 is 1.92 bits per heavy atom. The van der Waals surface area contributed by atoms with E-state index in [0.29, 0.717) is 36.3 Å². The average Bonchev–Trinajstić information content (AvgIpc) is 3.32. The van der Waals surface area contributed by atoms with Crippen LogP contribution in [0.1, 0.15) is 39.6 Å². The highest BCUT2D eigenvalue weighted by Crippen LogP contribution is 2.38. The van der Waals surface area contributed by atoms with Crippen LogP contribution in [0.3, 0.4) is 0 Å². The van der Waals surface area contributed by atoms with Crippen molar-refractivity contribution in [3.05, 3.63) is 65.2 Å². The van der Waals surface area contributed by atoms with Crippen molar-refractivity contribution in [1.29, 1.82) is 0 Å². The van der Waals surface area contributed by atoms with Gasteiger partial charge in [0.2, 0.25) is 5.79 Å². The van der Waals surface area contributed by atoms with Crippen molar-refractivity contribution < 1.29 is 19.1 Å². The first kappa shape index (κ1) is 15.1. The van der Waals surface area contributed by atoms with E-state index in [-0.39, 0.29) is 11.6 Å². The molecule has 1 aliphatic carbocycles. The number of hydrogen-bond donors (Lipinski definition) is 0. The summed E-state index contributed by atoms with van der Waals surface area (Å²) in [5, 5.41) is 0. The van der Waals surface area contributed by atoms with Crippen molar-refractivity contribution in [1.82, 2.24) is 0 Å². The lowest BCUT2D eigenvalue weighted by Gasteiger charge is -2.25. The summed E-state index contributed by atoms with van der Waals surface area (Å²) in [5.41, 5.74) is 2.06. The third-order valence-electron chi connectivity index (χ3n) is 4.63. The summed E-state index contributed by atoms with van der Waals surface area (Å²) >= 11 is 0. The zero-order valence-corrected chi connectivity index (χ0v) is 13.5. The first-order chi connectivity index (χ1) is 11.6. The molecule has 1 heterocycles. The highest BCUT2D eigenvalue weighted by atomic mass is 16.8. The molecule has 2 aliphatic rings. The fraction of sp³-hybridized carbons (Fsp3) is 0.300. The van der Waals surface area contributed by atoms with E-state index in [1.807, 2.05) is 37.3 Å². The largest absolute Gasteiger partial charge is 0.459 e. The van der Waals surface area contributed by atoms with Gasteiger partial charge in [0.15, 0.2) is 11.6 Å². The van der Waals surface area contributed by atoms with Crippen LogP contribution in [0.2, 0.25) is 0 Å². The molecule has 1 saturated heterocycles. The van der Waals surface area contributed by atoms with Crippen molar-refractivity contribution in [3.63, 3.8) is 0 Å². The Morgan fingerprint density at radius 1 is 1.17 bits per heavy atom. The summed E-state index contributed by atoms with van der Waals surface area (Å²) in [4.78, 5) is 25.8. The summed E-state index contributed by atoms with van der Waals surface area (Å²) in [5.74, 6) is -1.04. The molecule has 2 aromatic rings. The lowest BCUT2D eigenvalue weighted by molar-refractivity contribution is 0.0728. The average molecular weight is 322 g/mol. The Bertz CT molecular complexity index is 806. The van der Waals surface area contributed by atoms with Crippen LogP contribution in [0.15, 0.2) is 48.5 Å². The molecule has 1 aliphatic heterocycles. The molecule has 4 heteroatoms. The molecular weight excluding hydrogens is 304 g/mol. The number of ether oxygens (including phenoxy) is 2. The Kier molecular flexibility index (Phi) is 3.50. The molecule has 122 valence electrons. The van der Waals surface area contributed by atoms with Crippen LogP contribution in [0.4, 0.5) is 0 Å². The van der Waals surface area contributed by atoms with Crippen molar-refractivity contribution in [3.8, 4) is 5.75 Å². The van der Waals surface area contributed by atoms with Gasteiger partial charge < -0.3 is 9.47 Å². The van der Waals surface area contributed by atoms with Crippen LogP contribution < -0.4 is 4.74 Å². The molecule has 0 N–H and O–H groups in total. The van der Waals surface area contributed by atoms with Gasteiger partial charge in [0.05, 0.1) is 11.5 Å². The number of hydrogen-bond acceptors (Lipinski definition) is 4. The number of aryl methyl sites for hydroxylation is 1. The van der Waals surface area contributed by atoms with Gasteiger partial charge in [0.25, 0.3) is 0 Å². The van der Waals surface area contributed by atoms with Crippen LogP contribution in [-0.4, -0.2) is 24.0 Å². The fourth-order valence-corrected chi connectivity index (χ4v) is 3.20. The summed E-state index contributed by atoms with van der Waals surface area (Å²) in [6.07, 6.45) is 1.23. The minimum Gasteiger partial charge on any atom is -0.459 e. The topological polar surface area (TPSA) is 55.9 Å². The fourth-order valence-electron chi connectivity index (χ4n) is 3.20. The molecule has 4 nitrogen and oxygen atoms in total. The monoisotopic (exact) mass is 322 g/mol. The first-order valence-corrected chi connectivity index (χ1v) is 8.16. The molecule has 2 atom stereocenters. The van der Waals surface area contributed by atoms with Gasteiger partial charge in [-0.3, -0.25) is 9.59 Å². The van der Waals surface area contributed by atoms with Crippen LogP contribution in [0.5, 0.6) is 5.75 Å². The molecule has 2 unspecified atom stereocenters. The second kappa shape index (κ2) is 5.56. The summed E-state index contributed by atoms with van der Waals surface area (Å²) in [6.45, 7) is 2.35. The van der Waals surface area contributed by atoms with E-state index in [1.165, 1.54) is 0 Å². The molecule has 4 rings (SSSR count). The number of Topliss-reactive ketones (excluding diaryl/α,β-unsaturated/α-hetero) is 2. The van der Waals surface area contributed by atoms with Crippen molar-refractivity contribution in [2.24, 2.45) is 5.92 Å². The van der Waals surface area contributed by atoms with Gasteiger partial charge in [-0.05, 0) is 24.5 Å². The van der Waals surface area contributed by atoms with E-state index < -0.39 is 11.7 Å². The molecule has 0 saturated carbocycles. The normalized spacial score (nSPS) is 25.0.